The number of hydrogen-bond acceptors (Lipinski definition) is 2. The summed E-state index contributed by atoms with van der Waals surface area (Å²) < 4.78 is 0. The van der Waals surface area contributed by atoms with Gasteiger partial charge in [0.1, 0.15) is 0 Å². The molecule has 9 atom stereocenters. The van der Waals surface area contributed by atoms with Crippen LogP contribution in [-0.2, 0) is 4.79 Å². The van der Waals surface area contributed by atoms with Crippen molar-refractivity contribution in [1.82, 2.24) is 5.32 Å². The van der Waals surface area contributed by atoms with Crippen LogP contribution in [0.4, 0.5) is 0 Å². The first-order valence-corrected chi connectivity index (χ1v) is 13.1. The van der Waals surface area contributed by atoms with Gasteiger partial charge in [-0.3, -0.25) is 4.79 Å². The number of rotatable bonds is 6. The fraction of sp³-hybridized carbons (Fsp3) is 0.963. The number of hydrogen-bond donors (Lipinski definition) is 2. The molecule has 0 spiro atoms. The van der Waals surface area contributed by atoms with Crippen molar-refractivity contribution in [1.29, 1.82) is 0 Å². The van der Waals surface area contributed by atoms with Crippen LogP contribution in [0, 0.1) is 52.3 Å². The van der Waals surface area contributed by atoms with Crippen LogP contribution in [0.15, 0.2) is 0 Å². The Labute approximate surface area is 185 Å². The molecule has 4 rings (SSSR count). The molecule has 0 bridgehead atoms. The van der Waals surface area contributed by atoms with Gasteiger partial charge in [-0.15, -0.1) is 0 Å². The first-order chi connectivity index (χ1) is 14.2. The molecule has 1 heterocycles. The number of aliphatic hydroxyl groups is 1. The highest BCUT2D eigenvalue weighted by Crippen LogP contribution is 2.67. The van der Waals surface area contributed by atoms with Crippen molar-refractivity contribution in [3.05, 3.63) is 0 Å². The summed E-state index contributed by atoms with van der Waals surface area (Å²) in [5.41, 5.74) is 0.680. The molecule has 1 saturated heterocycles. The van der Waals surface area contributed by atoms with Crippen molar-refractivity contribution in [2.75, 3.05) is 6.61 Å². The van der Waals surface area contributed by atoms with Gasteiger partial charge in [0.05, 0.1) is 0 Å². The Morgan fingerprint density at radius 3 is 2.47 bits per heavy atom. The maximum absolute atomic E-state index is 12.1. The Bertz CT molecular complexity index is 632. The number of fused-ring (bicyclic) bond motifs is 5. The van der Waals surface area contributed by atoms with Gasteiger partial charge in [0.25, 0.3) is 0 Å². The number of carbonyl (C=O) groups is 1. The molecule has 0 aromatic carbocycles. The van der Waals surface area contributed by atoms with Crippen molar-refractivity contribution >= 4 is 5.91 Å². The summed E-state index contributed by atoms with van der Waals surface area (Å²) in [6.07, 6.45) is 12.2. The topological polar surface area (TPSA) is 49.3 Å². The molecular formula is C27H47NO2. The van der Waals surface area contributed by atoms with Crippen LogP contribution >= 0.6 is 0 Å². The highest BCUT2D eigenvalue weighted by molar-refractivity contribution is 5.77. The zero-order valence-electron chi connectivity index (χ0n) is 20.3. The van der Waals surface area contributed by atoms with Gasteiger partial charge in [0.2, 0.25) is 5.91 Å². The highest BCUT2D eigenvalue weighted by Gasteiger charge is 2.62. The largest absolute Gasteiger partial charge is 0.396 e. The number of amides is 1. The van der Waals surface area contributed by atoms with Gasteiger partial charge >= 0.3 is 0 Å². The van der Waals surface area contributed by atoms with Crippen LogP contribution in [0.2, 0.25) is 0 Å². The first-order valence-electron chi connectivity index (χ1n) is 13.1. The fourth-order valence-corrected chi connectivity index (χ4v) is 9.06. The van der Waals surface area contributed by atoms with E-state index in [0.717, 1.165) is 36.5 Å². The van der Waals surface area contributed by atoms with Crippen LogP contribution in [-0.4, -0.2) is 23.7 Å². The van der Waals surface area contributed by atoms with Crippen molar-refractivity contribution in [3.8, 4) is 0 Å². The number of nitrogens with one attached hydrogen (secondary N) is 1. The third-order valence-corrected chi connectivity index (χ3v) is 10.7. The van der Waals surface area contributed by atoms with Crippen molar-refractivity contribution < 1.29 is 9.90 Å². The molecule has 0 aromatic heterocycles. The third kappa shape index (κ3) is 3.65. The minimum Gasteiger partial charge on any atom is -0.396 e. The second kappa shape index (κ2) is 8.41. The van der Waals surface area contributed by atoms with E-state index in [4.69, 9.17) is 0 Å². The van der Waals surface area contributed by atoms with E-state index in [1.54, 1.807) is 0 Å². The fourth-order valence-electron chi connectivity index (χ4n) is 9.06. The monoisotopic (exact) mass is 417 g/mol. The van der Waals surface area contributed by atoms with Crippen LogP contribution < -0.4 is 5.32 Å². The normalized spacial score (nSPS) is 46.7. The number of aliphatic hydroxyl groups excluding tert-OH is 1. The van der Waals surface area contributed by atoms with Crippen molar-refractivity contribution in [2.24, 2.45) is 52.3 Å². The maximum Gasteiger partial charge on any atom is 0.220 e. The summed E-state index contributed by atoms with van der Waals surface area (Å²) in [5.74, 6) is 5.17. The summed E-state index contributed by atoms with van der Waals surface area (Å²) in [6, 6.07) is 0.272. The van der Waals surface area contributed by atoms with Crippen LogP contribution in [0.5, 0.6) is 0 Å². The standard InChI is InChI=1S/C27H47NO2/c1-17(2)7-6-8-18(3)20-9-10-21-25-19(16-29)15-23-27(5,14-12-24(30)28-23)22(25)11-13-26(20,21)4/h17-23,25,29H,6-16H2,1-5H3,(H,28,30)/t18-,19?,20-,21+,22+,23?,25+,26-,27-/m1/s1. The molecule has 1 aliphatic heterocycles. The summed E-state index contributed by atoms with van der Waals surface area (Å²) in [7, 11) is 0. The SMILES string of the molecule is CC(C)CCC[C@@H](C)[C@H]1CC[C@H]2[C@@H]3C(CO)CC4NC(=O)CC[C@]4(C)[C@H]3CC[C@]12C. The molecule has 4 aliphatic rings. The first kappa shape index (κ1) is 22.6. The van der Waals surface area contributed by atoms with Gasteiger partial charge in [-0.1, -0.05) is 53.9 Å². The predicted octanol–water partition coefficient (Wildman–Crippen LogP) is 5.80. The van der Waals surface area contributed by atoms with E-state index in [1.807, 2.05) is 0 Å². The van der Waals surface area contributed by atoms with Gasteiger partial charge < -0.3 is 10.4 Å². The van der Waals surface area contributed by atoms with Crippen LogP contribution in [0.25, 0.3) is 0 Å². The van der Waals surface area contributed by atoms with E-state index in [0.29, 0.717) is 36.2 Å². The minimum absolute atomic E-state index is 0.226. The summed E-state index contributed by atoms with van der Waals surface area (Å²) >= 11 is 0. The second-order valence-corrected chi connectivity index (χ2v) is 12.6. The Morgan fingerprint density at radius 2 is 1.77 bits per heavy atom. The lowest BCUT2D eigenvalue weighted by molar-refractivity contribution is -0.149. The molecule has 0 radical (unpaired) electrons. The Balaban J connectivity index is 1.54. The Hall–Kier alpha value is -0.570. The molecule has 3 nitrogen and oxygen atoms in total. The average Bonchev–Trinajstić information content (AvgIpc) is 3.05. The Morgan fingerprint density at radius 1 is 1.03 bits per heavy atom. The zero-order chi connectivity index (χ0) is 21.7. The lowest BCUT2D eigenvalue weighted by Gasteiger charge is -2.62. The molecule has 0 aromatic rings. The van der Waals surface area contributed by atoms with Gasteiger partial charge in [-0.2, -0.15) is 0 Å². The summed E-state index contributed by atoms with van der Waals surface area (Å²) in [6.45, 7) is 12.6. The lowest BCUT2D eigenvalue weighted by atomic mass is 9.44. The van der Waals surface area contributed by atoms with Gasteiger partial charge in [0, 0.05) is 19.1 Å². The summed E-state index contributed by atoms with van der Waals surface area (Å²) in [5, 5.41) is 13.7. The van der Waals surface area contributed by atoms with E-state index in [9.17, 15) is 9.90 Å². The van der Waals surface area contributed by atoms with Crippen molar-refractivity contribution in [3.63, 3.8) is 0 Å². The van der Waals surface area contributed by atoms with Gasteiger partial charge in [0.15, 0.2) is 0 Å². The van der Waals surface area contributed by atoms with E-state index in [-0.39, 0.29) is 17.4 Å². The number of carbonyl (C=O) groups excluding carboxylic acids is 1. The molecule has 2 unspecified atom stereocenters. The highest BCUT2D eigenvalue weighted by atomic mass is 16.3. The predicted molar refractivity (Wildman–Crippen MR) is 123 cm³/mol. The van der Waals surface area contributed by atoms with E-state index >= 15 is 0 Å². The smallest absolute Gasteiger partial charge is 0.220 e. The lowest BCUT2D eigenvalue weighted by Crippen LogP contribution is -2.63. The molecule has 2 N–H and O–H groups in total. The van der Waals surface area contributed by atoms with E-state index in [2.05, 4.69) is 39.9 Å². The molecule has 3 saturated carbocycles. The second-order valence-electron chi connectivity index (χ2n) is 12.6. The average molecular weight is 418 g/mol. The maximum atomic E-state index is 12.1. The number of piperidine rings is 1. The molecule has 3 aliphatic carbocycles. The molecule has 1 amide bonds. The van der Waals surface area contributed by atoms with Crippen LogP contribution in [0.3, 0.4) is 0 Å². The zero-order valence-corrected chi connectivity index (χ0v) is 20.3. The summed E-state index contributed by atoms with van der Waals surface area (Å²) in [4.78, 5) is 12.1. The third-order valence-electron chi connectivity index (χ3n) is 10.7. The van der Waals surface area contributed by atoms with Crippen LogP contribution in [0.1, 0.15) is 98.8 Å². The quantitative estimate of drug-likeness (QED) is 0.573. The van der Waals surface area contributed by atoms with Gasteiger partial charge in [-0.25, -0.2) is 0 Å². The van der Waals surface area contributed by atoms with E-state index in [1.165, 1.54) is 44.9 Å². The van der Waals surface area contributed by atoms with Gasteiger partial charge in [-0.05, 0) is 90.8 Å². The minimum atomic E-state index is 0.226. The van der Waals surface area contributed by atoms with Crippen molar-refractivity contribution in [2.45, 2.75) is 105 Å². The molecule has 30 heavy (non-hydrogen) atoms. The molecule has 4 fully saturated rings. The Kier molecular flexibility index (Phi) is 6.34. The molecule has 3 heteroatoms. The molecule has 172 valence electrons. The molecular weight excluding hydrogens is 370 g/mol. The van der Waals surface area contributed by atoms with E-state index < -0.39 is 0 Å².